The van der Waals surface area contributed by atoms with Crippen LogP contribution in [-0.4, -0.2) is 28.4 Å². The summed E-state index contributed by atoms with van der Waals surface area (Å²) in [5.74, 6) is 0. The standard InChI is InChI=1S/C12H15N3S2/c1-8-11(15(12(16)17)14(2)3)9-6-4-5-7-10(9)13-8/h4-7,13H,1-3H3,(H,16,17). The summed E-state index contributed by atoms with van der Waals surface area (Å²) in [6.45, 7) is 2.04. The van der Waals surface area contributed by atoms with Crippen molar-refractivity contribution in [3.05, 3.63) is 30.0 Å². The summed E-state index contributed by atoms with van der Waals surface area (Å²) in [5, 5.41) is 4.99. The number of hydrogen-bond acceptors (Lipinski definition) is 2. The van der Waals surface area contributed by atoms with Gasteiger partial charge in [0.05, 0.1) is 5.69 Å². The van der Waals surface area contributed by atoms with E-state index in [0.29, 0.717) is 4.32 Å². The second-order valence-corrected chi connectivity index (χ2v) is 5.20. The number of anilines is 1. The van der Waals surface area contributed by atoms with Crippen molar-refractivity contribution in [2.75, 3.05) is 19.1 Å². The van der Waals surface area contributed by atoms with Crippen molar-refractivity contribution >= 4 is 45.8 Å². The van der Waals surface area contributed by atoms with Gasteiger partial charge in [-0.1, -0.05) is 30.4 Å². The van der Waals surface area contributed by atoms with Gasteiger partial charge in [0.25, 0.3) is 0 Å². The highest BCUT2D eigenvalue weighted by atomic mass is 32.1. The Balaban J connectivity index is 2.68. The Hall–Kier alpha value is -1.04. The number of fused-ring (bicyclic) bond motifs is 1. The van der Waals surface area contributed by atoms with Gasteiger partial charge in [0.15, 0.2) is 4.32 Å². The van der Waals surface area contributed by atoms with E-state index in [2.05, 4.69) is 29.7 Å². The van der Waals surface area contributed by atoms with Gasteiger partial charge in [-0.15, -0.1) is 12.6 Å². The van der Waals surface area contributed by atoms with Crippen LogP contribution in [0.2, 0.25) is 0 Å². The third kappa shape index (κ3) is 2.18. The molecule has 0 fully saturated rings. The minimum absolute atomic E-state index is 0.530. The number of nitrogens with zero attached hydrogens (tertiary/aromatic N) is 2. The second-order valence-electron chi connectivity index (χ2n) is 4.09. The number of thiol groups is 1. The molecule has 1 aromatic heterocycles. The first-order valence-electron chi connectivity index (χ1n) is 5.30. The van der Waals surface area contributed by atoms with Crippen LogP contribution in [0.5, 0.6) is 0 Å². The van der Waals surface area contributed by atoms with E-state index in [0.717, 1.165) is 22.3 Å². The monoisotopic (exact) mass is 265 g/mol. The average Bonchev–Trinajstić information content (AvgIpc) is 2.55. The Morgan fingerprint density at radius 1 is 1.29 bits per heavy atom. The van der Waals surface area contributed by atoms with E-state index in [1.54, 1.807) is 0 Å². The second kappa shape index (κ2) is 4.68. The number of aryl methyl sites for hydroxylation is 1. The van der Waals surface area contributed by atoms with Gasteiger partial charge < -0.3 is 4.98 Å². The molecule has 90 valence electrons. The molecule has 0 spiro atoms. The summed E-state index contributed by atoms with van der Waals surface area (Å²) in [4.78, 5) is 3.36. The van der Waals surface area contributed by atoms with Gasteiger partial charge >= 0.3 is 0 Å². The van der Waals surface area contributed by atoms with E-state index < -0.39 is 0 Å². The van der Waals surface area contributed by atoms with Gasteiger partial charge in [-0.2, -0.15) is 0 Å². The number of rotatable bonds is 2. The van der Waals surface area contributed by atoms with E-state index in [-0.39, 0.29) is 0 Å². The minimum atomic E-state index is 0.530. The average molecular weight is 265 g/mol. The number of para-hydroxylation sites is 1. The summed E-state index contributed by atoms with van der Waals surface area (Å²) in [6.07, 6.45) is 0. The highest BCUT2D eigenvalue weighted by Crippen LogP contribution is 2.31. The van der Waals surface area contributed by atoms with E-state index >= 15 is 0 Å². The molecule has 5 heteroatoms. The molecule has 1 heterocycles. The third-order valence-electron chi connectivity index (χ3n) is 2.65. The van der Waals surface area contributed by atoms with Gasteiger partial charge in [-0.3, -0.25) is 5.01 Å². The first-order chi connectivity index (χ1) is 8.02. The molecule has 2 aromatic rings. The van der Waals surface area contributed by atoms with Crippen molar-refractivity contribution in [2.24, 2.45) is 0 Å². The molecule has 0 amide bonds. The fraction of sp³-hybridized carbons (Fsp3) is 0.250. The molecule has 0 aliphatic carbocycles. The Morgan fingerprint density at radius 3 is 2.53 bits per heavy atom. The van der Waals surface area contributed by atoms with Gasteiger partial charge in [0.2, 0.25) is 0 Å². The molecule has 0 aliphatic heterocycles. The zero-order valence-electron chi connectivity index (χ0n) is 10.1. The Bertz CT molecular complexity index is 560. The van der Waals surface area contributed by atoms with E-state index in [1.807, 2.05) is 43.2 Å². The number of hydrogen-bond donors (Lipinski definition) is 2. The highest BCUT2D eigenvalue weighted by Gasteiger charge is 2.19. The molecule has 0 saturated carbocycles. The predicted octanol–water partition coefficient (Wildman–Crippen LogP) is 2.97. The fourth-order valence-electron chi connectivity index (χ4n) is 2.00. The van der Waals surface area contributed by atoms with Crippen LogP contribution in [-0.2, 0) is 0 Å². The number of aromatic amines is 1. The molecule has 1 N–H and O–H groups in total. The maximum atomic E-state index is 5.20. The van der Waals surface area contributed by atoms with Crippen LogP contribution < -0.4 is 5.01 Å². The third-order valence-corrected chi connectivity index (χ3v) is 3.01. The lowest BCUT2D eigenvalue weighted by molar-refractivity contribution is 0.434. The first kappa shape index (κ1) is 12.4. The maximum Gasteiger partial charge on any atom is 0.152 e. The zero-order chi connectivity index (χ0) is 12.6. The summed E-state index contributed by atoms with van der Waals surface area (Å²) in [7, 11) is 3.90. The molecule has 17 heavy (non-hydrogen) atoms. The maximum absolute atomic E-state index is 5.20. The van der Waals surface area contributed by atoms with E-state index in [9.17, 15) is 0 Å². The highest BCUT2D eigenvalue weighted by molar-refractivity contribution is 8.11. The number of H-pyrrole nitrogens is 1. The summed E-state index contributed by atoms with van der Waals surface area (Å²) in [5.41, 5.74) is 3.25. The van der Waals surface area contributed by atoms with Crippen LogP contribution in [0.25, 0.3) is 10.9 Å². The molecular formula is C12H15N3S2. The molecule has 2 rings (SSSR count). The van der Waals surface area contributed by atoms with Crippen LogP contribution >= 0.6 is 24.8 Å². The minimum Gasteiger partial charge on any atom is -0.357 e. The molecule has 0 atom stereocenters. The lowest BCUT2D eigenvalue weighted by atomic mass is 10.2. The van der Waals surface area contributed by atoms with Crippen LogP contribution in [0.4, 0.5) is 5.69 Å². The van der Waals surface area contributed by atoms with Crippen LogP contribution in [0, 0.1) is 6.92 Å². The zero-order valence-corrected chi connectivity index (χ0v) is 11.8. The van der Waals surface area contributed by atoms with Gasteiger partial charge in [-0.25, -0.2) is 5.01 Å². The normalized spacial score (nSPS) is 11.1. The largest absolute Gasteiger partial charge is 0.357 e. The number of benzene rings is 1. The lowest BCUT2D eigenvalue weighted by Crippen LogP contribution is -2.39. The molecular weight excluding hydrogens is 250 g/mol. The summed E-state index contributed by atoms with van der Waals surface area (Å²) < 4.78 is 0.530. The molecule has 0 aliphatic rings. The molecule has 0 radical (unpaired) electrons. The van der Waals surface area contributed by atoms with E-state index in [1.165, 1.54) is 0 Å². The fourth-order valence-corrected chi connectivity index (χ4v) is 2.53. The Morgan fingerprint density at radius 2 is 1.94 bits per heavy atom. The summed E-state index contributed by atoms with van der Waals surface area (Å²) >= 11 is 9.49. The molecule has 1 aromatic carbocycles. The van der Waals surface area contributed by atoms with Crippen LogP contribution in [0.1, 0.15) is 5.69 Å². The first-order valence-corrected chi connectivity index (χ1v) is 6.15. The van der Waals surface area contributed by atoms with E-state index in [4.69, 9.17) is 12.2 Å². The molecule has 3 nitrogen and oxygen atoms in total. The SMILES string of the molecule is Cc1[nH]c2ccccc2c1N(C(=S)S)N(C)C. The van der Waals surface area contributed by atoms with Crippen LogP contribution in [0.3, 0.4) is 0 Å². The molecule has 0 unspecified atom stereocenters. The number of aromatic nitrogens is 1. The number of hydrazine groups is 1. The molecule has 0 saturated heterocycles. The van der Waals surface area contributed by atoms with Gasteiger partial charge in [0, 0.05) is 30.7 Å². The summed E-state index contributed by atoms with van der Waals surface area (Å²) in [6, 6.07) is 8.17. The molecule has 0 bridgehead atoms. The topological polar surface area (TPSA) is 22.3 Å². The van der Waals surface area contributed by atoms with Crippen molar-refractivity contribution in [1.29, 1.82) is 0 Å². The number of thiocarbonyl (C=S) groups is 1. The van der Waals surface area contributed by atoms with Crippen molar-refractivity contribution in [2.45, 2.75) is 6.92 Å². The van der Waals surface area contributed by atoms with Crippen LogP contribution in [0.15, 0.2) is 24.3 Å². The lowest BCUT2D eigenvalue weighted by Gasteiger charge is -2.29. The quantitative estimate of drug-likeness (QED) is 0.495. The smallest absolute Gasteiger partial charge is 0.152 e. The van der Waals surface area contributed by atoms with Crippen molar-refractivity contribution in [3.63, 3.8) is 0 Å². The van der Waals surface area contributed by atoms with Crippen molar-refractivity contribution < 1.29 is 0 Å². The van der Waals surface area contributed by atoms with Gasteiger partial charge in [-0.05, 0) is 13.0 Å². The van der Waals surface area contributed by atoms with Gasteiger partial charge in [0.1, 0.15) is 0 Å². The van der Waals surface area contributed by atoms with Crippen molar-refractivity contribution in [1.82, 2.24) is 9.99 Å². The Kier molecular flexibility index (Phi) is 3.42. The predicted molar refractivity (Wildman–Crippen MR) is 80.8 cm³/mol. The van der Waals surface area contributed by atoms with Crippen molar-refractivity contribution in [3.8, 4) is 0 Å². The Labute approximate surface area is 112 Å². The number of nitrogens with one attached hydrogen (secondary N) is 1.